The molecule has 2 bridgehead atoms. The molecular weight excluding hydrogens is 654 g/mol. The fourth-order valence-corrected chi connectivity index (χ4v) is 10.2. The zero-order chi connectivity index (χ0) is 33.7. The number of halogens is 1. The number of aliphatic hydroxyl groups is 1. The molecule has 2 aliphatic carbocycles. The lowest BCUT2D eigenvalue weighted by Crippen LogP contribution is -2.54. The summed E-state index contributed by atoms with van der Waals surface area (Å²) in [6.07, 6.45) is 7.02. The molecule has 2 aromatic rings. The lowest BCUT2D eigenvalue weighted by Gasteiger charge is -2.50. The Morgan fingerprint density at radius 1 is 1.13 bits per heavy atom. The van der Waals surface area contributed by atoms with Gasteiger partial charge in [-0.3, -0.25) is 4.79 Å². The van der Waals surface area contributed by atoms with Crippen LogP contribution in [-0.2, 0) is 21.9 Å². The van der Waals surface area contributed by atoms with Gasteiger partial charge in [0.15, 0.2) is 0 Å². The Morgan fingerprint density at radius 2 is 1.91 bits per heavy atom. The molecule has 1 fully saturated rings. The smallest absolute Gasteiger partial charge is 0.264 e. The van der Waals surface area contributed by atoms with E-state index >= 15 is 0 Å². The number of hydrogen-bond donors (Lipinski definition) is 2. The second kappa shape index (κ2) is 13.1. The van der Waals surface area contributed by atoms with Gasteiger partial charge in [0, 0.05) is 49.6 Å². The van der Waals surface area contributed by atoms with Crippen molar-refractivity contribution in [3.8, 4) is 5.75 Å². The molecule has 0 unspecified atom stereocenters. The Bertz CT molecular complexity index is 1650. The fourth-order valence-electron chi connectivity index (χ4n) is 8.41. The van der Waals surface area contributed by atoms with Crippen LogP contribution in [0.1, 0.15) is 86.7 Å². The molecule has 6 atom stereocenters. The lowest BCUT2D eigenvalue weighted by atomic mass is 9.62. The first kappa shape index (κ1) is 34.5. The number of benzene rings is 2. The third-order valence-corrected chi connectivity index (χ3v) is 14.3. The number of anilines is 1. The Kier molecular flexibility index (Phi) is 9.63. The number of thiocarbonyl (C=S) groups is 1. The number of amides is 1. The molecule has 0 aromatic heterocycles. The molecule has 8 nitrogen and oxygen atoms in total. The van der Waals surface area contributed by atoms with Gasteiger partial charge in [0.05, 0.1) is 28.1 Å². The molecule has 11 heteroatoms. The lowest BCUT2D eigenvalue weighted by molar-refractivity contribution is -0.0840. The minimum absolute atomic E-state index is 0.0391. The van der Waals surface area contributed by atoms with Gasteiger partial charge in [-0.15, -0.1) is 0 Å². The minimum atomic E-state index is -3.95. The molecule has 1 saturated carbocycles. The first-order valence-corrected chi connectivity index (χ1v) is 19.3. The molecule has 256 valence electrons. The second-order valence-electron chi connectivity index (χ2n) is 14.9. The van der Waals surface area contributed by atoms with E-state index in [2.05, 4.69) is 21.8 Å². The summed E-state index contributed by atoms with van der Waals surface area (Å²) < 4.78 is 35.8. The van der Waals surface area contributed by atoms with Crippen LogP contribution in [0.5, 0.6) is 5.75 Å². The molecule has 4 aliphatic rings. The highest BCUT2D eigenvalue weighted by molar-refractivity contribution is 7.90. The Labute approximate surface area is 290 Å². The minimum Gasteiger partial charge on any atom is -0.490 e. The fraction of sp³-hybridized carbons (Fsp3) is 0.611. The van der Waals surface area contributed by atoms with Crippen molar-refractivity contribution in [3.05, 3.63) is 58.1 Å². The van der Waals surface area contributed by atoms with Crippen molar-refractivity contribution in [2.75, 3.05) is 38.7 Å². The summed E-state index contributed by atoms with van der Waals surface area (Å²) in [5, 5.41) is 12.4. The third kappa shape index (κ3) is 6.77. The Hall–Kier alpha value is -2.40. The molecule has 6 rings (SSSR count). The van der Waals surface area contributed by atoms with Crippen molar-refractivity contribution in [1.82, 2.24) is 9.62 Å². The number of sulfonamides is 1. The number of rotatable bonds is 2. The van der Waals surface area contributed by atoms with Gasteiger partial charge in [0.25, 0.3) is 5.91 Å². The van der Waals surface area contributed by atoms with Crippen LogP contribution in [0.2, 0.25) is 5.02 Å². The zero-order valence-corrected chi connectivity index (χ0v) is 30.3. The van der Waals surface area contributed by atoms with Crippen molar-refractivity contribution < 1.29 is 23.1 Å². The quantitative estimate of drug-likeness (QED) is 0.362. The van der Waals surface area contributed by atoms with Crippen LogP contribution in [0.4, 0.5) is 5.69 Å². The summed E-state index contributed by atoms with van der Waals surface area (Å²) in [5.41, 5.74) is 2.25. The number of carbonyl (C=O) groups is 1. The molecule has 1 spiro atoms. The van der Waals surface area contributed by atoms with Crippen molar-refractivity contribution in [2.24, 2.45) is 17.8 Å². The normalized spacial score (nSPS) is 32.1. The van der Waals surface area contributed by atoms with E-state index in [0.717, 1.165) is 42.8 Å². The van der Waals surface area contributed by atoms with E-state index in [9.17, 15) is 18.3 Å². The van der Waals surface area contributed by atoms with Gasteiger partial charge < -0.3 is 19.6 Å². The second-order valence-corrected chi connectivity index (χ2v) is 17.8. The van der Waals surface area contributed by atoms with Crippen LogP contribution in [0.25, 0.3) is 0 Å². The zero-order valence-electron chi connectivity index (χ0n) is 27.9. The summed E-state index contributed by atoms with van der Waals surface area (Å²) in [6.45, 7) is 5.39. The summed E-state index contributed by atoms with van der Waals surface area (Å²) >= 11 is 12.2. The van der Waals surface area contributed by atoms with E-state index < -0.39 is 26.8 Å². The van der Waals surface area contributed by atoms with Crippen LogP contribution < -0.4 is 14.4 Å². The van der Waals surface area contributed by atoms with Crippen LogP contribution in [0, 0.1) is 17.8 Å². The van der Waals surface area contributed by atoms with E-state index in [-0.39, 0.29) is 28.7 Å². The Balaban J connectivity index is 1.44. The van der Waals surface area contributed by atoms with Gasteiger partial charge in [-0.05, 0) is 111 Å². The van der Waals surface area contributed by atoms with E-state index in [0.29, 0.717) is 56.1 Å². The average Bonchev–Trinajstić information content (AvgIpc) is 3.14. The van der Waals surface area contributed by atoms with Crippen LogP contribution >= 0.6 is 23.8 Å². The first-order valence-electron chi connectivity index (χ1n) is 17.0. The molecule has 0 saturated heterocycles. The molecule has 0 radical (unpaired) electrons. The van der Waals surface area contributed by atoms with Gasteiger partial charge in [0.1, 0.15) is 5.75 Å². The SMILES string of the molecule is C[C@@H]1[C@@H](C)CCC[C@](O)(CC(=S)N(C)C)[C@@H]2CC[C@H]2CN2C[C@@]3(CCCc4cc(Cl)ccc43)COc3ccc(cc32)C(=O)NS1(=O)=O. The molecule has 2 aromatic carbocycles. The highest BCUT2D eigenvalue weighted by Crippen LogP contribution is 2.50. The van der Waals surface area contributed by atoms with Crippen molar-refractivity contribution in [2.45, 2.75) is 87.9 Å². The molecule has 2 heterocycles. The number of nitrogens with zero attached hydrogens (tertiary/aromatic N) is 2. The molecule has 1 amide bonds. The largest absolute Gasteiger partial charge is 0.490 e. The van der Waals surface area contributed by atoms with Crippen LogP contribution in [0.3, 0.4) is 0 Å². The molecule has 2 aliphatic heterocycles. The van der Waals surface area contributed by atoms with Crippen molar-refractivity contribution in [3.63, 3.8) is 0 Å². The van der Waals surface area contributed by atoms with Gasteiger partial charge in [-0.25, -0.2) is 13.1 Å². The van der Waals surface area contributed by atoms with Gasteiger partial charge in [-0.2, -0.15) is 0 Å². The van der Waals surface area contributed by atoms with Gasteiger partial charge >= 0.3 is 0 Å². The summed E-state index contributed by atoms with van der Waals surface area (Å²) in [7, 11) is -0.111. The predicted octanol–water partition coefficient (Wildman–Crippen LogP) is 6.12. The summed E-state index contributed by atoms with van der Waals surface area (Å²) in [6, 6.07) is 11.4. The number of ether oxygens (including phenoxy) is 1. The topological polar surface area (TPSA) is 99.2 Å². The average molecular weight is 702 g/mol. The van der Waals surface area contributed by atoms with Crippen molar-refractivity contribution in [1.29, 1.82) is 0 Å². The maximum Gasteiger partial charge on any atom is 0.264 e. The highest BCUT2D eigenvalue weighted by Gasteiger charge is 2.49. The van der Waals surface area contributed by atoms with E-state index in [4.69, 9.17) is 28.6 Å². The van der Waals surface area contributed by atoms with E-state index in [1.807, 2.05) is 32.0 Å². The summed E-state index contributed by atoms with van der Waals surface area (Å²) in [5.74, 6) is 0.0745. The number of fused-ring (bicyclic) bond motifs is 4. The molecular formula is C36H48ClN3O5S2. The monoisotopic (exact) mass is 701 g/mol. The number of aryl methyl sites for hydroxylation is 1. The third-order valence-electron chi connectivity index (χ3n) is 11.6. The number of carbonyl (C=O) groups excluding carboxylic acids is 1. The highest BCUT2D eigenvalue weighted by atomic mass is 35.5. The van der Waals surface area contributed by atoms with Crippen molar-refractivity contribution >= 4 is 50.4 Å². The standard InChI is InChI=1S/C36H48ClN3O5S2/c1-23-7-5-16-36(42,19-33(46)39(3)4)30-12-9-27(30)20-40-21-35(15-6-8-25-17-28(37)11-13-29(25)35)22-45-32-14-10-26(18-31(32)40)34(41)38-47(43,44)24(23)2/h10-11,13-14,17-18,23-24,27,30,42H,5-9,12,15-16,19-22H2,1-4H3,(H,38,41)/t23-,24+,27-,30+,35-,36-/m0/s1. The predicted molar refractivity (Wildman–Crippen MR) is 191 cm³/mol. The van der Waals surface area contributed by atoms with E-state index in [1.54, 1.807) is 25.1 Å². The summed E-state index contributed by atoms with van der Waals surface area (Å²) in [4.78, 5) is 18.5. The molecule has 2 N–H and O–H groups in total. The number of hydrogen-bond acceptors (Lipinski definition) is 7. The van der Waals surface area contributed by atoms with Crippen LogP contribution in [-0.4, -0.2) is 74.0 Å². The van der Waals surface area contributed by atoms with E-state index in [1.165, 1.54) is 11.1 Å². The number of nitrogens with one attached hydrogen (secondary N) is 1. The maximum absolute atomic E-state index is 13.5. The maximum atomic E-state index is 13.5. The Morgan fingerprint density at radius 3 is 2.64 bits per heavy atom. The first-order chi connectivity index (χ1) is 22.2. The molecule has 47 heavy (non-hydrogen) atoms. The van der Waals surface area contributed by atoms with Gasteiger partial charge in [0.2, 0.25) is 10.0 Å². The van der Waals surface area contributed by atoms with Gasteiger partial charge in [-0.1, -0.05) is 43.2 Å². The van der Waals surface area contributed by atoms with Crippen LogP contribution in [0.15, 0.2) is 36.4 Å².